The Hall–Kier alpha value is -2.68. The first-order valence-corrected chi connectivity index (χ1v) is 9.43. The van der Waals surface area contributed by atoms with Crippen LogP contribution in [0.1, 0.15) is 32.6 Å². The summed E-state index contributed by atoms with van der Waals surface area (Å²) < 4.78 is 10.1. The highest BCUT2D eigenvalue weighted by Gasteiger charge is 2.25. The molecule has 0 spiro atoms. The number of hydrogen-bond donors (Lipinski definition) is 1. The van der Waals surface area contributed by atoms with Crippen LogP contribution in [0.15, 0.2) is 18.2 Å². The number of methoxy groups -OCH3 is 1. The van der Waals surface area contributed by atoms with Crippen LogP contribution in [0, 0.1) is 16.0 Å². The van der Waals surface area contributed by atoms with Gasteiger partial charge in [-0.3, -0.25) is 19.7 Å². The van der Waals surface area contributed by atoms with Gasteiger partial charge in [-0.05, 0) is 31.7 Å². The predicted octanol–water partition coefficient (Wildman–Crippen LogP) is 2.60. The molecule has 9 nitrogen and oxygen atoms in total. The van der Waals surface area contributed by atoms with Gasteiger partial charge in [-0.2, -0.15) is 0 Å². The van der Waals surface area contributed by atoms with E-state index in [0.717, 1.165) is 6.54 Å². The lowest BCUT2D eigenvalue weighted by atomic mass is 10.2. The minimum absolute atomic E-state index is 0.124. The van der Waals surface area contributed by atoms with Crippen LogP contribution in [-0.2, 0) is 14.3 Å². The lowest BCUT2D eigenvalue weighted by Crippen LogP contribution is -2.32. The van der Waals surface area contributed by atoms with Crippen molar-refractivity contribution in [3.8, 4) is 5.75 Å². The summed E-state index contributed by atoms with van der Waals surface area (Å²) in [6.07, 6.45) is 2.85. The summed E-state index contributed by atoms with van der Waals surface area (Å²) in [4.78, 5) is 36.5. The van der Waals surface area contributed by atoms with E-state index in [1.54, 1.807) is 6.92 Å². The highest BCUT2D eigenvalue weighted by Crippen LogP contribution is 2.30. The molecule has 1 aromatic rings. The second-order valence-electron chi connectivity index (χ2n) is 6.74. The summed E-state index contributed by atoms with van der Waals surface area (Å²) in [5.41, 5.74) is 0.142. The van der Waals surface area contributed by atoms with Crippen molar-refractivity contribution in [2.24, 2.45) is 5.92 Å². The van der Waals surface area contributed by atoms with E-state index in [1.807, 2.05) is 0 Å². The van der Waals surface area contributed by atoms with Gasteiger partial charge in [0, 0.05) is 38.2 Å². The Labute approximate surface area is 164 Å². The van der Waals surface area contributed by atoms with Crippen molar-refractivity contribution in [2.75, 3.05) is 38.7 Å². The summed E-state index contributed by atoms with van der Waals surface area (Å²) >= 11 is 0. The minimum atomic E-state index is -0.526. The number of nitrogens with zero attached hydrogens (tertiary/aromatic N) is 2. The van der Waals surface area contributed by atoms with Gasteiger partial charge in [0.1, 0.15) is 5.75 Å². The lowest BCUT2D eigenvalue weighted by Gasteiger charge is -2.21. The maximum Gasteiger partial charge on any atom is 0.307 e. The van der Waals surface area contributed by atoms with E-state index in [2.05, 4.69) is 10.2 Å². The third-order valence-electron chi connectivity index (χ3n) is 4.47. The van der Waals surface area contributed by atoms with Gasteiger partial charge in [-0.15, -0.1) is 0 Å². The van der Waals surface area contributed by atoms with Crippen LogP contribution in [0.2, 0.25) is 0 Å². The van der Waals surface area contributed by atoms with Crippen molar-refractivity contribution in [1.29, 1.82) is 0 Å². The van der Waals surface area contributed by atoms with Crippen molar-refractivity contribution in [3.63, 3.8) is 0 Å². The quantitative estimate of drug-likeness (QED) is 0.330. The number of nitrogens with one attached hydrogen (secondary N) is 1. The molecule has 1 saturated carbocycles. The first-order valence-electron chi connectivity index (χ1n) is 9.43. The second-order valence-corrected chi connectivity index (χ2v) is 6.74. The van der Waals surface area contributed by atoms with E-state index in [-0.39, 0.29) is 29.7 Å². The molecule has 0 radical (unpaired) electrons. The summed E-state index contributed by atoms with van der Waals surface area (Å²) in [7, 11) is 1.43. The standard InChI is InChI=1S/C19H27N3O6/c1-3-28-19(24)9-11-21(13-14-4-5-14)10-8-18(23)20-16-12-15(22(25)26)6-7-17(16)27-2/h6-7,12,14H,3-5,8-11,13H2,1-2H3,(H,20,23). The van der Waals surface area contributed by atoms with Crippen molar-refractivity contribution in [2.45, 2.75) is 32.6 Å². The molecule has 9 heteroatoms. The molecule has 0 saturated heterocycles. The van der Waals surface area contributed by atoms with Crippen molar-refractivity contribution in [1.82, 2.24) is 4.90 Å². The maximum absolute atomic E-state index is 12.4. The fourth-order valence-corrected chi connectivity index (χ4v) is 2.82. The second kappa shape index (κ2) is 10.6. The average molecular weight is 393 g/mol. The van der Waals surface area contributed by atoms with Crippen LogP contribution in [0.25, 0.3) is 0 Å². The molecule has 1 aromatic carbocycles. The largest absolute Gasteiger partial charge is 0.495 e. The molecule has 154 valence electrons. The van der Waals surface area contributed by atoms with Gasteiger partial charge >= 0.3 is 5.97 Å². The number of nitro benzene ring substituents is 1. The monoisotopic (exact) mass is 393 g/mol. The van der Waals surface area contributed by atoms with Crippen molar-refractivity contribution < 1.29 is 24.0 Å². The molecular weight excluding hydrogens is 366 g/mol. The van der Waals surface area contributed by atoms with Gasteiger partial charge < -0.3 is 19.7 Å². The number of benzene rings is 1. The lowest BCUT2D eigenvalue weighted by molar-refractivity contribution is -0.384. The Morgan fingerprint density at radius 2 is 2.00 bits per heavy atom. The Kier molecular flexibility index (Phi) is 8.19. The summed E-state index contributed by atoms with van der Waals surface area (Å²) in [6, 6.07) is 4.05. The zero-order valence-electron chi connectivity index (χ0n) is 16.3. The summed E-state index contributed by atoms with van der Waals surface area (Å²) in [6.45, 7) is 4.02. The average Bonchev–Trinajstić information content (AvgIpc) is 3.48. The van der Waals surface area contributed by atoms with Gasteiger partial charge in [0.05, 0.1) is 30.7 Å². The van der Waals surface area contributed by atoms with E-state index in [0.29, 0.717) is 37.8 Å². The van der Waals surface area contributed by atoms with E-state index >= 15 is 0 Å². The molecule has 1 N–H and O–H groups in total. The van der Waals surface area contributed by atoms with Crippen molar-refractivity contribution >= 4 is 23.3 Å². The number of carbonyl (C=O) groups is 2. The van der Waals surface area contributed by atoms with Crippen LogP contribution in [-0.4, -0.2) is 55.1 Å². The Balaban J connectivity index is 1.90. The molecule has 0 bridgehead atoms. The first-order chi connectivity index (χ1) is 13.4. The number of non-ortho nitro benzene ring substituents is 1. The molecule has 0 aliphatic heterocycles. The smallest absolute Gasteiger partial charge is 0.307 e. The van der Waals surface area contributed by atoms with Gasteiger partial charge in [0.25, 0.3) is 5.69 Å². The zero-order chi connectivity index (χ0) is 20.5. The number of ether oxygens (including phenoxy) is 2. The molecule has 0 aromatic heterocycles. The number of anilines is 1. The Bertz CT molecular complexity index is 705. The third-order valence-corrected chi connectivity index (χ3v) is 4.47. The normalized spacial score (nSPS) is 13.2. The highest BCUT2D eigenvalue weighted by molar-refractivity contribution is 5.92. The van der Waals surface area contributed by atoms with Crippen molar-refractivity contribution in [3.05, 3.63) is 28.3 Å². The summed E-state index contributed by atoms with van der Waals surface area (Å²) in [5, 5.41) is 13.6. The van der Waals surface area contributed by atoms with Gasteiger partial charge in [0.15, 0.2) is 0 Å². The molecular formula is C19H27N3O6. The summed E-state index contributed by atoms with van der Waals surface area (Å²) in [5.74, 6) is 0.475. The fourth-order valence-electron chi connectivity index (χ4n) is 2.82. The van der Waals surface area contributed by atoms with Crippen LogP contribution in [0.3, 0.4) is 0 Å². The topological polar surface area (TPSA) is 111 Å². The molecule has 1 aliphatic carbocycles. The Morgan fingerprint density at radius 3 is 2.61 bits per heavy atom. The van der Waals surface area contributed by atoms with Gasteiger partial charge in [-0.1, -0.05) is 0 Å². The van der Waals surface area contributed by atoms with Gasteiger partial charge in [-0.25, -0.2) is 0 Å². The maximum atomic E-state index is 12.4. The molecule has 2 rings (SSSR count). The zero-order valence-corrected chi connectivity index (χ0v) is 16.3. The van der Waals surface area contributed by atoms with E-state index in [4.69, 9.17) is 9.47 Å². The number of hydrogen-bond acceptors (Lipinski definition) is 7. The minimum Gasteiger partial charge on any atom is -0.495 e. The van der Waals surface area contributed by atoms with Crippen LogP contribution in [0.5, 0.6) is 5.75 Å². The molecule has 1 fully saturated rings. The molecule has 1 amide bonds. The number of rotatable bonds is 12. The molecule has 0 heterocycles. The third kappa shape index (κ3) is 7.15. The predicted molar refractivity (Wildman–Crippen MR) is 103 cm³/mol. The number of carbonyl (C=O) groups excluding carboxylic acids is 2. The van der Waals surface area contributed by atoms with E-state index in [1.165, 1.54) is 38.2 Å². The SMILES string of the molecule is CCOC(=O)CCN(CCC(=O)Nc1cc([N+](=O)[O-])ccc1OC)CC1CC1. The van der Waals surface area contributed by atoms with E-state index in [9.17, 15) is 19.7 Å². The number of esters is 1. The van der Waals surface area contributed by atoms with Gasteiger partial charge in [0.2, 0.25) is 5.91 Å². The van der Waals surface area contributed by atoms with Crippen LogP contribution < -0.4 is 10.1 Å². The highest BCUT2D eigenvalue weighted by atomic mass is 16.6. The first kappa shape index (κ1) is 21.6. The Morgan fingerprint density at radius 1 is 1.29 bits per heavy atom. The number of nitro groups is 1. The van der Waals surface area contributed by atoms with Crippen LogP contribution >= 0.6 is 0 Å². The molecule has 28 heavy (non-hydrogen) atoms. The molecule has 0 unspecified atom stereocenters. The van der Waals surface area contributed by atoms with Crippen LogP contribution in [0.4, 0.5) is 11.4 Å². The van der Waals surface area contributed by atoms with E-state index < -0.39 is 4.92 Å². The molecule has 0 atom stereocenters. The fraction of sp³-hybridized carbons (Fsp3) is 0.579. The molecule has 1 aliphatic rings. The number of amides is 1.